The van der Waals surface area contributed by atoms with Crippen LogP contribution in [0.2, 0.25) is 0 Å². The molecule has 6 heteroatoms. The van der Waals surface area contributed by atoms with E-state index in [4.69, 9.17) is 4.42 Å². The lowest BCUT2D eigenvalue weighted by molar-refractivity contribution is -0.142. The summed E-state index contributed by atoms with van der Waals surface area (Å²) in [6, 6.07) is 10.0. The van der Waals surface area contributed by atoms with Gasteiger partial charge in [0.05, 0.1) is 5.56 Å². The van der Waals surface area contributed by atoms with Crippen LogP contribution in [0.5, 0.6) is 0 Å². The van der Waals surface area contributed by atoms with Crippen molar-refractivity contribution in [2.24, 2.45) is 5.92 Å². The predicted molar refractivity (Wildman–Crippen MR) is 108 cm³/mol. The molecule has 0 spiro atoms. The van der Waals surface area contributed by atoms with Gasteiger partial charge in [-0.2, -0.15) is 0 Å². The number of nitrogens with zero attached hydrogens (tertiary/aromatic N) is 2. The van der Waals surface area contributed by atoms with Crippen LogP contribution in [0.1, 0.15) is 37.9 Å². The average molecular weight is 398 g/mol. The smallest absolute Gasteiger partial charge is 0.225 e. The van der Waals surface area contributed by atoms with Crippen molar-refractivity contribution in [3.05, 3.63) is 48.0 Å². The van der Waals surface area contributed by atoms with Crippen molar-refractivity contribution in [1.29, 1.82) is 0 Å². The van der Waals surface area contributed by atoms with E-state index in [1.165, 1.54) is 6.07 Å². The molecule has 4 rings (SSSR count). The number of furan rings is 1. The molecule has 0 radical (unpaired) electrons. The van der Waals surface area contributed by atoms with Gasteiger partial charge >= 0.3 is 0 Å². The first-order valence-electron chi connectivity index (χ1n) is 10.5. The number of aryl methyl sites for hydroxylation is 1. The van der Waals surface area contributed by atoms with E-state index in [0.29, 0.717) is 56.1 Å². The van der Waals surface area contributed by atoms with Gasteiger partial charge in [0, 0.05) is 44.9 Å². The van der Waals surface area contributed by atoms with Crippen LogP contribution in [0.3, 0.4) is 0 Å². The Kier molecular flexibility index (Phi) is 5.97. The van der Waals surface area contributed by atoms with E-state index in [1.807, 2.05) is 9.80 Å². The largest absolute Gasteiger partial charge is 0.461 e. The summed E-state index contributed by atoms with van der Waals surface area (Å²) in [5.41, 5.74) is 0.424. The number of amides is 2. The molecule has 1 saturated carbocycles. The zero-order chi connectivity index (χ0) is 20.2. The van der Waals surface area contributed by atoms with Gasteiger partial charge in [-0.05, 0) is 37.1 Å². The summed E-state index contributed by atoms with van der Waals surface area (Å²) in [6.45, 7) is 2.43. The van der Waals surface area contributed by atoms with Gasteiger partial charge in [0.15, 0.2) is 0 Å². The highest BCUT2D eigenvalue weighted by Crippen LogP contribution is 2.27. The Hall–Kier alpha value is -2.63. The zero-order valence-corrected chi connectivity index (χ0v) is 16.6. The maximum atomic E-state index is 13.9. The summed E-state index contributed by atoms with van der Waals surface area (Å²) in [7, 11) is 0. The SMILES string of the molecule is O=C(CCc1ccc(-c2ccccc2F)o1)N1CCN(C(=O)C2CCCC2)CC1. The molecule has 2 aromatic rings. The molecule has 29 heavy (non-hydrogen) atoms. The minimum atomic E-state index is -0.325. The fourth-order valence-corrected chi connectivity index (χ4v) is 4.31. The second-order valence-electron chi connectivity index (χ2n) is 7.93. The molecular formula is C23H27FN2O3. The Balaban J connectivity index is 1.25. The Bertz CT molecular complexity index is 865. The topological polar surface area (TPSA) is 53.8 Å². The molecule has 0 N–H and O–H groups in total. The molecular weight excluding hydrogens is 371 g/mol. The number of hydrogen-bond acceptors (Lipinski definition) is 3. The van der Waals surface area contributed by atoms with Crippen LogP contribution in [0.25, 0.3) is 11.3 Å². The van der Waals surface area contributed by atoms with E-state index >= 15 is 0 Å². The zero-order valence-electron chi connectivity index (χ0n) is 16.6. The highest BCUT2D eigenvalue weighted by atomic mass is 19.1. The van der Waals surface area contributed by atoms with Crippen molar-refractivity contribution in [3.63, 3.8) is 0 Å². The van der Waals surface area contributed by atoms with Crippen molar-refractivity contribution in [2.75, 3.05) is 26.2 Å². The van der Waals surface area contributed by atoms with Gasteiger partial charge in [-0.25, -0.2) is 4.39 Å². The molecule has 154 valence electrons. The van der Waals surface area contributed by atoms with Gasteiger partial charge in [0.2, 0.25) is 11.8 Å². The maximum absolute atomic E-state index is 13.9. The summed E-state index contributed by atoms with van der Waals surface area (Å²) in [4.78, 5) is 28.8. The molecule has 1 saturated heterocycles. The molecule has 5 nitrogen and oxygen atoms in total. The van der Waals surface area contributed by atoms with E-state index < -0.39 is 0 Å². The van der Waals surface area contributed by atoms with Gasteiger partial charge in [-0.1, -0.05) is 25.0 Å². The lowest BCUT2D eigenvalue weighted by Crippen LogP contribution is -2.51. The summed E-state index contributed by atoms with van der Waals surface area (Å²) in [5.74, 6) is 1.36. The van der Waals surface area contributed by atoms with Crippen LogP contribution in [-0.2, 0) is 16.0 Å². The standard InChI is InChI=1S/C23H27FN2O3/c24-20-8-4-3-7-19(20)21-11-9-18(29-21)10-12-22(27)25-13-15-26(16-14-25)23(28)17-5-1-2-6-17/h3-4,7-9,11,17H,1-2,5-6,10,12-16H2. The number of piperazine rings is 1. The number of carbonyl (C=O) groups excluding carboxylic acids is 2. The van der Waals surface area contributed by atoms with Gasteiger partial charge < -0.3 is 14.2 Å². The summed E-state index contributed by atoms with van der Waals surface area (Å²) < 4.78 is 19.6. The van der Waals surface area contributed by atoms with Gasteiger partial charge in [0.25, 0.3) is 0 Å². The lowest BCUT2D eigenvalue weighted by atomic mass is 10.1. The number of hydrogen-bond donors (Lipinski definition) is 0. The molecule has 0 unspecified atom stereocenters. The highest BCUT2D eigenvalue weighted by molar-refractivity contribution is 5.80. The number of halogens is 1. The van der Waals surface area contributed by atoms with Gasteiger partial charge in [-0.3, -0.25) is 9.59 Å². The average Bonchev–Trinajstić information content (AvgIpc) is 3.44. The van der Waals surface area contributed by atoms with Crippen LogP contribution >= 0.6 is 0 Å². The van der Waals surface area contributed by atoms with Crippen LogP contribution in [-0.4, -0.2) is 47.8 Å². The Morgan fingerprint density at radius 1 is 0.966 bits per heavy atom. The van der Waals surface area contributed by atoms with E-state index in [2.05, 4.69) is 0 Å². The molecule has 2 amide bonds. The van der Waals surface area contributed by atoms with E-state index in [9.17, 15) is 14.0 Å². The third-order valence-corrected chi connectivity index (χ3v) is 6.03. The van der Waals surface area contributed by atoms with E-state index in [1.54, 1.807) is 30.3 Å². The van der Waals surface area contributed by atoms with E-state index in [-0.39, 0.29) is 23.5 Å². The highest BCUT2D eigenvalue weighted by Gasteiger charge is 2.30. The third kappa shape index (κ3) is 4.52. The molecule has 0 atom stereocenters. The fraction of sp³-hybridized carbons (Fsp3) is 0.478. The second kappa shape index (κ2) is 8.80. The van der Waals surface area contributed by atoms with Crippen molar-refractivity contribution in [3.8, 4) is 11.3 Å². The van der Waals surface area contributed by atoms with Crippen LogP contribution in [0.15, 0.2) is 40.8 Å². The number of benzene rings is 1. The number of carbonyl (C=O) groups is 2. The van der Waals surface area contributed by atoms with Gasteiger partial charge in [0.1, 0.15) is 17.3 Å². The fourth-order valence-electron chi connectivity index (χ4n) is 4.31. The van der Waals surface area contributed by atoms with Gasteiger partial charge in [-0.15, -0.1) is 0 Å². The van der Waals surface area contributed by atoms with Crippen molar-refractivity contribution < 1.29 is 18.4 Å². The van der Waals surface area contributed by atoms with Crippen LogP contribution < -0.4 is 0 Å². The van der Waals surface area contributed by atoms with Crippen molar-refractivity contribution in [1.82, 2.24) is 9.80 Å². The van der Waals surface area contributed by atoms with Crippen LogP contribution in [0, 0.1) is 11.7 Å². The second-order valence-corrected chi connectivity index (χ2v) is 7.93. The summed E-state index contributed by atoms with van der Waals surface area (Å²) in [5, 5.41) is 0. The first kappa shape index (κ1) is 19.7. The molecule has 2 fully saturated rings. The maximum Gasteiger partial charge on any atom is 0.225 e. The molecule has 1 aliphatic heterocycles. The molecule has 2 aliphatic rings. The molecule has 2 heterocycles. The molecule has 1 aliphatic carbocycles. The van der Waals surface area contributed by atoms with Crippen LogP contribution in [0.4, 0.5) is 4.39 Å². The Morgan fingerprint density at radius 2 is 1.66 bits per heavy atom. The first-order chi connectivity index (χ1) is 14.1. The normalized spacial score (nSPS) is 17.7. The van der Waals surface area contributed by atoms with Crippen molar-refractivity contribution in [2.45, 2.75) is 38.5 Å². The molecule has 0 bridgehead atoms. The quantitative estimate of drug-likeness (QED) is 0.768. The lowest BCUT2D eigenvalue weighted by Gasteiger charge is -2.36. The monoisotopic (exact) mass is 398 g/mol. The summed E-state index contributed by atoms with van der Waals surface area (Å²) >= 11 is 0. The Morgan fingerprint density at radius 3 is 2.38 bits per heavy atom. The predicted octanol–water partition coefficient (Wildman–Crippen LogP) is 3.88. The third-order valence-electron chi connectivity index (χ3n) is 6.03. The number of rotatable bonds is 5. The van der Waals surface area contributed by atoms with Crippen molar-refractivity contribution >= 4 is 11.8 Å². The molecule has 1 aromatic heterocycles. The Labute approximate surface area is 170 Å². The van der Waals surface area contributed by atoms with E-state index in [0.717, 1.165) is 25.7 Å². The minimum Gasteiger partial charge on any atom is -0.461 e. The summed E-state index contributed by atoms with van der Waals surface area (Å²) in [6.07, 6.45) is 5.15. The molecule has 1 aromatic carbocycles. The minimum absolute atomic E-state index is 0.0711. The first-order valence-corrected chi connectivity index (χ1v) is 10.5.